The van der Waals surface area contributed by atoms with Crippen LogP contribution in [0.4, 0.5) is 0 Å². The second kappa shape index (κ2) is 6.28. The van der Waals surface area contributed by atoms with Crippen LogP contribution in [0.1, 0.15) is 12.6 Å². The van der Waals surface area contributed by atoms with Gasteiger partial charge in [-0.1, -0.05) is 0 Å². The molecule has 12 heteroatoms. The summed E-state index contributed by atoms with van der Waals surface area (Å²) in [4.78, 5) is 42.2. The van der Waals surface area contributed by atoms with Crippen molar-refractivity contribution in [2.75, 3.05) is 6.61 Å². The lowest BCUT2D eigenvalue weighted by atomic mass is 10.2. The molecule has 0 aromatic carbocycles. The Bertz CT molecular complexity index is 681. The molecule has 1 fully saturated rings. The smallest absolute Gasteiger partial charge is 0.390 e. The van der Waals surface area contributed by atoms with Crippen LogP contribution < -0.4 is 11.2 Å². The lowest BCUT2D eigenvalue weighted by Gasteiger charge is -2.17. The van der Waals surface area contributed by atoms with E-state index >= 15 is 0 Å². The monoisotopic (exact) mass is 434 g/mol. The van der Waals surface area contributed by atoms with Gasteiger partial charge in [0, 0.05) is 12.5 Å². The lowest BCUT2D eigenvalue weighted by molar-refractivity contribution is -0.0459. The van der Waals surface area contributed by atoms with Crippen molar-refractivity contribution < 1.29 is 28.7 Å². The minimum absolute atomic E-state index is 0.0249. The van der Waals surface area contributed by atoms with Gasteiger partial charge in [-0.15, -0.1) is 0 Å². The number of nitrogens with zero attached hydrogens (tertiary/aromatic N) is 1. The first-order valence-corrected chi connectivity index (χ1v) is 8.33. The highest BCUT2D eigenvalue weighted by molar-refractivity contribution is 14.1. The standard InChI is InChI=1S/C9H12IN2O8P/c10-6-2-7(14)11-9(15)12(6)8-1-4(13)5(20-8)3-19-21(16,17)18/h2,4-5,8,13H,1,3H2,(H,11,14,15)(H2,16,17,18)/t4-,5+,8+/m0/s1. The van der Waals surface area contributed by atoms with Crippen molar-refractivity contribution in [1.29, 1.82) is 0 Å². The Hall–Kier alpha value is -0.560. The molecule has 1 aliphatic heterocycles. The number of aliphatic hydroxyl groups excluding tert-OH is 1. The molecule has 10 nitrogen and oxygen atoms in total. The molecule has 1 aliphatic rings. The molecule has 118 valence electrons. The number of hydrogen-bond donors (Lipinski definition) is 4. The quantitative estimate of drug-likeness (QED) is 0.265. The summed E-state index contributed by atoms with van der Waals surface area (Å²) < 4.78 is 21.7. The summed E-state index contributed by atoms with van der Waals surface area (Å²) in [7, 11) is -4.67. The van der Waals surface area contributed by atoms with E-state index < -0.39 is 44.1 Å². The average molecular weight is 434 g/mol. The molecule has 0 spiro atoms. The number of aromatic amines is 1. The van der Waals surface area contributed by atoms with Crippen molar-refractivity contribution in [3.63, 3.8) is 0 Å². The fraction of sp³-hybridized carbons (Fsp3) is 0.556. The van der Waals surface area contributed by atoms with Crippen LogP contribution in [0.3, 0.4) is 0 Å². The highest BCUT2D eigenvalue weighted by atomic mass is 127. The van der Waals surface area contributed by atoms with Gasteiger partial charge in [-0.25, -0.2) is 9.36 Å². The van der Waals surface area contributed by atoms with Crippen LogP contribution in [-0.2, 0) is 13.8 Å². The number of ether oxygens (including phenoxy) is 1. The number of aliphatic hydroxyl groups is 1. The zero-order valence-electron chi connectivity index (χ0n) is 10.4. The maximum absolute atomic E-state index is 11.8. The minimum atomic E-state index is -4.67. The van der Waals surface area contributed by atoms with Crippen LogP contribution in [0.25, 0.3) is 0 Å². The number of hydrogen-bond acceptors (Lipinski definition) is 6. The molecule has 0 unspecified atom stereocenters. The second-order valence-corrected chi connectivity index (χ2v) is 6.69. The molecule has 0 bridgehead atoms. The third-order valence-electron chi connectivity index (χ3n) is 2.83. The van der Waals surface area contributed by atoms with E-state index in [-0.39, 0.29) is 6.42 Å². The SMILES string of the molecule is O=c1cc(I)n([C@H]2C[C@H](O)[C@@H](COP(=O)(O)O)O2)c(=O)[nH]1. The minimum Gasteiger partial charge on any atom is -0.390 e. The number of phosphoric ester groups is 1. The molecule has 21 heavy (non-hydrogen) atoms. The molecule has 0 aliphatic carbocycles. The van der Waals surface area contributed by atoms with E-state index in [1.54, 1.807) is 22.6 Å². The maximum atomic E-state index is 11.8. The van der Waals surface area contributed by atoms with E-state index in [0.717, 1.165) is 4.57 Å². The molecule has 1 aromatic rings. The predicted octanol–water partition coefficient (Wildman–Crippen LogP) is -1.10. The molecule has 2 heterocycles. The zero-order chi connectivity index (χ0) is 15.8. The molecule has 3 atom stereocenters. The largest absolute Gasteiger partial charge is 0.469 e. The van der Waals surface area contributed by atoms with E-state index in [1.165, 1.54) is 6.07 Å². The number of phosphoric acid groups is 1. The fourth-order valence-corrected chi connectivity index (χ4v) is 3.09. The average Bonchev–Trinajstić information content (AvgIpc) is 2.65. The highest BCUT2D eigenvalue weighted by Gasteiger charge is 2.37. The number of halogens is 1. The molecule has 4 N–H and O–H groups in total. The predicted molar refractivity (Wildman–Crippen MR) is 76.6 cm³/mol. The van der Waals surface area contributed by atoms with Gasteiger partial charge in [0.2, 0.25) is 0 Å². The summed E-state index contributed by atoms with van der Waals surface area (Å²) in [5.41, 5.74) is -1.25. The van der Waals surface area contributed by atoms with Crippen molar-refractivity contribution in [3.8, 4) is 0 Å². The van der Waals surface area contributed by atoms with E-state index in [0.29, 0.717) is 3.70 Å². The normalized spacial score (nSPS) is 26.2. The number of aromatic nitrogens is 2. The second-order valence-electron chi connectivity index (χ2n) is 4.35. The van der Waals surface area contributed by atoms with Crippen molar-refractivity contribution in [1.82, 2.24) is 9.55 Å². The number of H-pyrrole nitrogens is 1. The third kappa shape index (κ3) is 4.22. The molecule has 0 amide bonds. The topological polar surface area (TPSA) is 151 Å². The molecule has 2 rings (SSSR count). The molecule has 0 saturated carbocycles. The van der Waals surface area contributed by atoms with Crippen LogP contribution in [0.2, 0.25) is 0 Å². The Morgan fingerprint density at radius 3 is 2.76 bits per heavy atom. The third-order valence-corrected chi connectivity index (χ3v) is 4.14. The molecule has 0 radical (unpaired) electrons. The summed E-state index contributed by atoms with van der Waals surface area (Å²) in [6.45, 7) is -0.517. The van der Waals surface area contributed by atoms with Gasteiger partial charge in [0.25, 0.3) is 5.56 Å². The number of rotatable bonds is 4. The van der Waals surface area contributed by atoms with Crippen LogP contribution in [0.15, 0.2) is 15.7 Å². The van der Waals surface area contributed by atoms with Crippen molar-refractivity contribution in [2.24, 2.45) is 0 Å². The Labute approximate surface area is 131 Å². The van der Waals surface area contributed by atoms with Crippen LogP contribution in [-0.4, -0.2) is 43.3 Å². The van der Waals surface area contributed by atoms with E-state index in [4.69, 9.17) is 14.5 Å². The van der Waals surface area contributed by atoms with E-state index in [2.05, 4.69) is 9.51 Å². The first kappa shape index (κ1) is 16.8. The summed E-state index contributed by atoms with van der Waals surface area (Å²) in [5.74, 6) is 0. The van der Waals surface area contributed by atoms with Gasteiger partial charge in [0.05, 0.1) is 16.4 Å². The maximum Gasteiger partial charge on any atom is 0.469 e. The lowest BCUT2D eigenvalue weighted by Crippen LogP contribution is -2.34. The van der Waals surface area contributed by atoms with Gasteiger partial charge in [-0.3, -0.25) is 18.9 Å². The number of nitrogens with one attached hydrogen (secondary N) is 1. The first-order valence-electron chi connectivity index (χ1n) is 5.72. The summed E-state index contributed by atoms with van der Waals surface area (Å²) in [5, 5.41) is 9.81. The summed E-state index contributed by atoms with van der Waals surface area (Å²) in [6, 6.07) is 1.19. The van der Waals surface area contributed by atoms with Crippen molar-refractivity contribution in [3.05, 3.63) is 30.6 Å². The van der Waals surface area contributed by atoms with Crippen molar-refractivity contribution in [2.45, 2.75) is 24.9 Å². The van der Waals surface area contributed by atoms with Gasteiger partial charge < -0.3 is 19.6 Å². The van der Waals surface area contributed by atoms with Gasteiger partial charge in [0.15, 0.2) is 0 Å². The van der Waals surface area contributed by atoms with Crippen LogP contribution >= 0.6 is 30.4 Å². The highest BCUT2D eigenvalue weighted by Crippen LogP contribution is 2.38. The van der Waals surface area contributed by atoms with E-state index in [9.17, 15) is 19.3 Å². The Morgan fingerprint density at radius 2 is 2.19 bits per heavy atom. The molecular weight excluding hydrogens is 422 g/mol. The van der Waals surface area contributed by atoms with Gasteiger partial charge in [-0.2, -0.15) is 0 Å². The molecule has 1 saturated heterocycles. The Balaban J connectivity index is 2.16. The van der Waals surface area contributed by atoms with Crippen LogP contribution in [0, 0.1) is 3.70 Å². The van der Waals surface area contributed by atoms with Crippen molar-refractivity contribution >= 4 is 30.4 Å². The zero-order valence-corrected chi connectivity index (χ0v) is 13.4. The van der Waals surface area contributed by atoms with E-state index in [1.807, 2.05) is 0 Å². The van der Waals surface area contributed by atoms with Crippen LogP contribution in [0.5, 0.6) is 0 Å². The molecule has 1 aromatic heterocycles. The van der Waals surface area contributed by atoms with Gasteiger partial charge >= 0.3 is 13.5 Å². The first-order chi connectivity index (χ1) is 9.67. The fourth-order valence-electron chi connectivity index (χ4n) is 1.94. The Morgan fingerprint density at radius 1 is 1.52 bits per heavy atom. The summed E-state index contributed by atoms with van der Waals surface area (Å²) >= 11 is 1.78. The summed E-state index contributed by atoms with van der Waals surface area (Å²) in [6.07, 6.45) is -2.88. The molecular formula is C9H12IN2O8P. The van der Waals surface area contributed by atoms with Gasteiger partial charge in [-0.05, 0) is 22.6 Å². The Kier molecular flexibility index (Phi) is 5.03. The van der Waals surface area contributed by atoms with Gasteiger partial charge in [0.1, 0.15) is 12.3 Å².